The van der Waals surface area contributed by atoms with E-state index in [0.29, 0.717) is 77.4 Å². The highest BCUT2D eigenvalue weighted by molar-refractivity contribution is 7.20. The lowest BCUT2D eigenvalue weighted by molar-refractivity contribution is -0.119. The fourth-order valence-electron chi connectivity index (χ4n) is 6.35. The van der Waals surface area contributed by atoms with Crippen LogP contribution in [0.3, 0.4) is 0 Å². The number of hydrogen-bond donors (Lipinski definition) is 1. The zero-order chi connectivity index (χ0) is 34.1. The number of esters is 1. The van der Waals surface area contributed by atoms with Crippen LogP contribution in [0.25, 0.3) is 33.0 Å². The average Bonchev–Trinajstić information content (AvgIpc) is 3.67. The molecule has 0 bridgehead atoms. The number of halogens is 2. The fourth-order valence-corrected chi connectivity index (χ4v) is 7.79. The molecule has 1 saturated heterocycles. The number of hydrogen-bond acceptors (Lipinski definition) is 7. The number of rotatable bonds is 7. The van der Waals surface area contributed by atoms with Crippen LogP contribution in [0, 0.1) is 12.7 Å². The molecule has 3 heterocycles. The molecule has 8 nitrogen and oxygen atoms in total. The number of benzene rings is 3. The topological polar surface area (TPSA) is 97.8 Å². The van der Waals surface area contributed by atoms with Crippen LogP contribution in [0.1, 0.15) is 49.5 Å². The molecule has 0 radical (unpaired) electrons. The van der Waals surface area contributed by atoms with Crippen molar-refractivity contribution >= 4 is 68.3 Å². The summed E-state index contributed by atoms with van der Waals surface area (Å²) in [6.45, 7) is 3.10. The van der Waals surface area contributed by atoms with Gasteiger partial charge in [-0.25, -0.2) is 14.2 Å². The van der Waals surface area contributed by atoms with Gasteiger partial charge < -0.3 is 19.7 Å². The predicted octanol–water partition coefficient (Wildman–Crippen LogP) is 7.82. The lowest BCUT2D eigenvalue weighted by atomic mass is 10.0. The summed E-state index contributed by atoms with van der Waals surface area (Å²) in [5, 5.41) is 4.12. The Labute approximate surface area is 291 Å². The van der Waals surface area contributed by atoms with E-state index in [0.717, 1.165) is 21.6 Å². The van der Waals surface area contributed by atoms with Gasteiger partial charge in [0.1, 0.15) is 10.8 Å². The largest absolute Gasteiger partial charge is 0.452 e. The van der Waals surface area contributed by atoms with Crippen molar-refractivity contribution in [1.29, 1.82) is 0 Å². The Morgan fingerprint density at radius 2 is 1.76 bits per heavy atom. The molecule has 0 spiro atoms. The molecule has 0 saturated carbocycles. The number of nitrogens with one attached hydrogen (secondary N) is 1. The number of aromatic nitrogens is 1. The summed E-state index contributed by atoms with van der Waals surface area (Å²) in [4.78, 5) is 48.3. The average molecular weight is 696 g/mol. The quantitative estimate of drug-likeness (QED) is 0.175. The molecule has 2 aliphatic rings. The summed E-state index contributed by atoms with van der Waals surface area (Å²) in [5.74, 6) is -1.89. The van der Waals surface area contributed by atoms with Crippen LogP contribution in [-0.4, -0.2) is 60.6 Å². The maximum Gasteiger partial charge on any atom is 0.339 e. The molecule has 5 aromatic rings. The second kappa shape index (κ2) is 13.9. The normalized spacial score (nSPS) is 15.0. The number of pyridine rings is 1. The maximum atomic E-state index is 14.7. The zero-order valence-electron chi connectivity index (χ0n) is 26.6. The van der Waals surface area contributed by atoms with Crippen molar-refractivity contribution in [1.82, 2.24) is 9.88 Å². The molecule has 11 heteroatoms. The number of anilines is 1. The van der Waals surface area contributed by atoms with Crippen LogP contribution >= 0.6 is 22.9 Å². The van der Waals surface area contributed by atoms with E-state index in [4.69, 9.17) is 26.1 Å². The Bertz CT molecular complexity index is 2120. The van der Waals surface area contributed by atoms with Gasteiger partial charge in [0.25, 0.3) is 11.8 Å². The molecule has 49 heavy (non-hydrogen) atoms. The monoisotopic (exact) mass is 695 g/mol. The number of para-hydroxylation sites is 1. The molecule has 1 aliphatic carbocycles. The number of thiophene rings is 1. The van der Waals surface area contributed by atoms with Crippen LogP contribution in [0.15, 0.2) is 72.8 Å². The Kier molecular flexibility index (Phi) is 9.27. The van der Waals surface area contributed by atoms with Crippen molar-refractivity contribution in [3.63, 3.8) is 0 Å². The molecule has 7 rings (SSSR count). The highest BCUT2D eigenvalue weighted by Gasteiger charge is 2.30. The molecule has 1 fully saturated rings. The van der Waals surface area contributed by atoms with Gasteiger partial charge in [0.2, 0.25) is 0 Å². The second-order valence-electron chi connectivity index (χ2n) is 11.8. The number of morpholine rings is 1. The molecular formula is C38H31ClFN3O5S. The lowest BCUT2D eigenvalue weighted by Crippen LogP contribution is -2.41. The summed E-state index contributed by atoms with van der Waals surface area (Å²) in [6, 6.07) is 21.4. The molecule has 0 unspecified atom stereocenters. The Balaban J connectivity index is 1.16. The molecule has 0 atom stereocenters. The number of nitrogens with zero attached hydrogens (tertiary/aromatic N) is 2. The van der Waals surface area contributed by atoms with Crippen LogP contribution in [0.5, 0.6) is 0 Å². The summed E-state index contributed by atoms with van der Waals surface area (Å²) >= 11 is 7.62. The van der Waals surface area contributed by atoms with E-state index in [9.17, 15) is 18.8 Å². The first-order valence-corrected chi connectivity index (χ1v) is 17.1. The number of fused-ring (bicyclic) bond motifs is 2. The molecule has 248 valence electrons. The van der Waals surface area contributed by atoms with Crippen molar-refractivity contribution in [2.45, 2.75) is 19.8 Å². The first-order chi connectivity index (χ1) is 23.8. The van der Waals surface area contributed by atoms with Crippen molar-refractivity contribution in [3.05, 3.63) is 117 Å². The molecule has 1 N–H and O–H groups in total. The van der Waals surface area contributed by atoms with E-state index in [1.807, 2.05) is 43.3 Å². The number of allylic oxidation sites excluding steroid dienone is 1. The summed E-state index contributed by atoms with van der Waals surface area (Å²) in [5.41, 5.74) is 5.24. The molecular weight excluding hydrogens is 665 g/mol. The van der Waals surface area contributed by atoms with Gasteiger partial charge in [-0.3, -0.25) is 9.59 Å². The molecule has 2 aromatic heterocycles. The standard InChI is InChI=1S/C38H31ClFN3O5S/c1-22-32(37(45)43-16-18-47-19-17-43)36(49-35(22)23-8-3-2-4-9-23)42-31(44)21-48-38(46)33-25-10-5-6-13-30(25)41-34-24(14-15-26(33)34)20-27-28(39)11-7-12-29(27)40/h2-13,20H,14-19,21H2,1H3,(H,42,44)/b24-20+. The van der Waals surface area contributed by atoms with Gasteiger partial charge in [0, 0.05) is 28.9 Å². The van der Waals surface area contributed by atoms with Gasteiger partial charge in [-0.2, -0.15) is 0 Å². The third kappa shape index (κ3) is 6.47. The molecule has 3 aromatic carbocycles. The third-order valence-corrected chi connectivity index (χ3v) is 10.3. The van der Waals surface area contributed by atoms with E-state index in [-0.39, 0.29) is 16.5 Å². The highest BCUT2D eigenvalue weighted by Crippen LogP contribution is 2.41. The minimum atomic E-state index is -0.674. The van der Waals surface area contributed by atoms with Gasteiger partial charge in [0.15, 0.2) is 6.61 Å². The van der Waals surface area contributed by atoms with Crippen LogP contribution < -0.4 is 5.32 Å². The van der Waals surface area contributed by atoms with Crippen molar-refractivity contribution in [2.75, 3.05) is 38.2 Å². The van der Waals surface area contributed by atoms with E-state index < -0.39 is 24.3 Å². The first-order valence-electron chi connectivity index (χ1n) is 15.9. The van der Waals surface area contributed by atoms with Crippen molar-refractivity contribution in [3.8, 4) is 10.4 Å². The maximum absolute atomic E-state index is 14.7. The van der Waals surface area contributed by atoms with Crippen molar-refractivity contribution < 1.29 is 28.2 Å². The van der Waals surface area contributed by atoms with Gasteiger partial charge in [-0.05, 0) is 66.3 Å². The van der Waals surface area contributed by atoms with E-state index in [2.05, 4.69) is 5.32 Å². The van der Waals surface area contributed by atoms with Crippen molar-refractivity contribution in [2.24, 2.45) is 0 Å². The minimum absolute atomic E-state index is 0.189. The second-order valence-corrected chi connectivity index (χ2v) is 13.2. The lowest BCUT2D eigenvalue weighted by Gasteiger charge is -2.27. The fraction of sp³-hybridized carbons (Fsp3) is 0.211. The smallest absolute Gasteiger partial charge is 0.339 e. The van der Waals surface area contributed by atoms with Crippen LogP contribution in [0.4, 0.5) is 9.39 Å². The Morgan fingerprint density at radius 1 is 1.00 bits per heavy atom. The van der Waals surface area contributed by atoms with Crippen LogP contribution in [0.2, 0.25) is 5.02 Å². The Morgan fingerprint density at radius 3 is 2.53 bits per heavy atom. The van der Waals surface area contributed by atoms with Crippen LogP contribution in [-0.2, 0) is 20.7 Å². The van der Waals surface area contributed by atoms with E-state index in [1.54, 1.807) is 41.3 Å². The highest BCUT2D eigenvalue weighted by atomic mass is 35.5. The molecule has 1 aliphatic heterocycles. The van der Waals surface area contributed by atoms with E-state index >= 15 is 0 Å². The van der Waals surface area contributed by atoms with E-state index in [1.165, 1.54) is 17.4 Å². The summed E-state index contributed by atoms with van der Waals surface area (Å²) < 4.78 is 25.7. The van der Waals surface area contributed by atoms with Gasteiger partial charge in [0.05, 0.1) is 40.6 Å². The summed E-state index contributed by atoms with van der Waals surface area (Å²) in [7, 11) is 0. The van der Waals surface area contributed by atoms with Gasteiger partial charge in [-0.15, -0.1) is 11.3 Å². The Hall–Kier alpha value is -4.90. The SMILES string of the molecule is Cc1c(-c2ccccc2)sc(NC(=O)COC(=O)c2c3c(nc4ccccc24)/C(=C/c2c(F)cccc2Cl)CC3)c1C(=O)N1CCOCC1. The number of amides is 2. The number of carbonyl (C=O) groups excluding carboxylic acids is 3. The third-order valence-electron chi connectivity index (χ3n) is 8.75. The number of ether oxygens (including phenoxy) is 2. The van der Waals surface area contributed by atoms with Gasteiger partial charge in [-0.1, -0.05) is 66.2 Å². The first kappa shape index (κ1) is 32.6. The molecule has 2 amide bonds. The zero-order valence-corrected chi connectivity index (χ0v) is 28.1. The summed E-state index contributed by atoms with van der Waals surface area (Å²) in [6.07, 6.45) is 2.67. The number of carbonyl (C=O) groups is 3. The predicted molar refractivity (Wildman–Crippen MR) is 189 cm³/mol. The van der Waals surface area contributed by atoms with Gasteiger partial charge >= 0.3 is 5.97 Å². The minimum Gasteiger partial charge on any atom is -0.452 e.